The van der Waals surface area contributed by atoms with Crippen LogP contribution in [-0.4, -0.2) is 60.1 Å². The average molecular weight is 531 g/mol. The van der Waals surface area contributed by atoms with E-state index >= 15 is 0 Å². The van der Waals surface area contributed by atoms with Gasteiger partial charge in [0.15, 0.2) is 17.7 Å². The normalized spacial score (nSPS) is 14.1. The van der Waals surface area contributed by atoms with E-state index < -0.39 is 48.3 Å². The third kappa shape index (κ3) is 5.09. The van der Waals surface area contributed by atoms with E-state index in [1.807, 2.05) is 6.07 Å². The topological polar surface area (TPSA) is 107 Å². The Bertz CT molecular complexity index is 1500. The molecule has 0 N–H and O–H groups in total. The Morgan fingerprint density at radius 1 is 1.13 bits per heavy atom. The third-order valence-corrected chi connectivity index (χ3v) is 6.60. The first-order valence-corrected chi connectivity index (χ1v) is 11.9. The zero-order chi connectivity index (χ0) is 27.4. The number of hydrogen-bond acceptors (Lipinski definition) is 6. The summed E-state index contributed by atoms with van der Waals surface area (Å²) in [6, 6.07) is 8.20. The van der Waals surface area contributed by atoms with E-state index in [1.165, 1.54) is 17.7 Å². The molecule has 12 heteroatoms. The van der Waals surface area contributed by atoms with Crippen LogP contribution in [0.15, 0.2) is 39.9 Å². The Labute approximate surface area is 215 Å². The summed E-state index contributed by atoms with van der Waals surface area (Å²) in [5.41, 5.74) is -0.767. The minimum Gasteiger partial charge on any atom is -0.495 e. The molecule has 2 aromatic carbocycles. The number of hydrogen-bond donors (Lipinski definition) is 0. The smallest absolute Gasteiger partial charge is 0.332 e. The highest BCUT2D eigenvalue weighted by Gasteiger charge is 2.26. The van der Waals surface area contributed by atoms with Crippen LogP contribution >= 0.6 is 0 Å². The average Bonchev–Trinajstić information content (AvgIpc) is 2.94. The van der Waals surface area contributed by atoms with Crippen molar-refractivity contribution in [3.05, 3.63) is 68.1 Å². The molecule has 0 unspecified atom stereocenters. The van der Waals surface area contributed by atoms with Crippen molar-refractivity contribution in [1.29, 1.82) is 5.26 Å². The van der Waals surface area contributed by atoms with Gasteiger partial charge in [0, 0.05) is 25.2 Å². The quantitative estimate of drug-likeness (QED) is 0.394. The number of aromatic nitrogens is 2. The first-order valence-electron chi connectivity index (χ1n) is 11.9. The summed E-state index contributed by atoms with van der Waals surface area (Å²) in [5, 5.41) is 9.34. The van der Waals surface area contributed by atoms with Crippen LogP contribution in [0.2, 0.25) is 0 Å². The number of nitrogens with zero attached hydrogens (tertiary/aromatic N) is 4. The number of rotatable bonds is 9. The number of methoxy groups -OCH3 is 1. The minimum atomic E-state index is -1.55. The summed E-state index contributed by atoms with van der Waals surface area (Å²) in [6.45, 7) is -1.88. The predicted octanol–water partition coefficient (Wildman–Crippen LogP) is 2.71. The molecule has 3 aromatic rings. The summed E-state index contributed by atoms with van der Waals surface area (Å²) in [5.74, 6) is -1.17. The molecule has 0 bridgehead atoms. The number of benzene rings is 2. The fourth-order valence-electron chi connectivity index (χ4n) is 4.62. The Morgan fingerprint density at radius 2 is 1.84 bits per heavy atom. The van der Waals surface area contributed by atoms with Crippen LogP contribution in [0.1, 0.15) is 30.0 Å². The number of halogens is 3. The van der Waals surface area contributed by atoms with Gasteiger partial charge in [-0.25, -0.2) is 18.0 Å². The lowest BCUT2D eigenvalue weighted by Crippen LogP contribution is -2.44. The Balaban J connectivity index is 1.90. The fraction of sp³-hybridized carbons (Fsp3) is 0.385. The van der Waals surface area contributed by atoms with Gasteiger partial charge in [0.2, 0.25) is 6.41 Å². The fourth-order valence-corrected chi connectivity index (χ4v) is 4.62. The molecule has 4 rings (SSSR count). The number of amides is 1. The highest BCUT2D eigenvalue weighted by Crippen LogP contribution is 2.28. The maximum atomic E-state index is 15.0. The number of likely N-dealkylation sites (tertiary alicyclic amines) is 1. The van der Waals surface area contributed by atoms with Gasteiger partial charge in [0.25, 0.3) is 5.56 Å². The Kier molecular flexibility index (Phi) is 8.05. The van der Waals surface area contributed by atoms with Gasteiger partial charge in [0.05, 0.1) is 30.1 Å². The van der Waals surface area contributed by atoms with Crippen LogP contribution < -0.4 is 20.7 Å². The number of alkyl halides is 2. The van der Waals surface area contributed by atoms with Crippen LogP contribution in [0, 0.1) is 17.1 Å². The lowest BCUT2D eigenvalue weighted by atomic mass is 10.0. The second kappa shape index (κ2) is 11.4. The number of piperidine rings is 1. The molecule has 0 aliphatic carbocycles. The van der Waals surface area contributed by atoms with E-state index in [9.17, 15) is 32.8 Å². The number of fused-ring (bicyclic) bond motifs is 1. The summed E-state index contributed by atoms with van der Waals surface area (Å²) in [6.07, 6.45) is -0.0621. The van der Waals surface area contributed by atoms with E-state index in [-0.39, 0.29) is 23.0 Å². The van der Waals surface area contributed by atoms with Gasteiger partial charge in [-0.3, -0.25) is 18.7 Å². The molecular formula is C26H25F3N4O5. The van der Waals surface area contributed by atoms with Gasteiger partial charge in [0.1, 0.15) is 25.2 Å². The lowest BCUT2D eigenvalue weighted by molar-refractivity contribution is -0.119. The van der Waals surface area contributed by atoms with Crippen LogP contribution in [0.4, 0.5) is 13.2 Å². The Morgan fingerprint density at radius 3 is 2.45 bits per heavy atom. The monoisotopic (exact) mass is 530 g/mol. The van der Waals surface area contributed by atoms with Crippen molar-refractivity contribution < 1.29 is 27.4 Å². The van der Waals surface area contributed by atoms with Crippen molar-refractivity contribution in [2.45, 2.75) is 31.5 Å². The molecule has 200 valence electrons. The van der Waals surface area contributed by atoms with Crippen LogP contribution in [0.3, 0.4) is 0 Å². The molecule has 0 saturated carbocycles. The summed E-state index contributed by atoms with van der Waals surface area (Å²) < 4.78 is 53.6. The second-order valence-corrected chi connectivity index (χ2v) is 8.91. The van der Waals surface area contributed by atoms with Crippen molar-refractivity contribution in [3.63, 3.8) is 0 Å². The molecule has 0 atom stereocenters. The minimum absolute atomic E-state index is 0.00939. The van der Waals surface area contributed by atoms with Crippen molar-refractivity contribution in [2.24, 2.45) is 0 Å². The molecule has 2 heterocycles. The van der Waals surface area contributed by atoms with Crippen LogP contribution in [-0.2, 0) is 11.3 Å². The molecular weight excluding hydrogens is 505 g/mol. The van der Waals surface area contributed by atoms with Crippen LogP contribution in [0.25, 0.3) is 10.9 Å². The molecule has 1 amide bonds. The van der Waals surface area contributed by atoms with Gasteiger partial charge >= 0.3 is 5.69 Å². The van der Waals surface area contributed by atoms with E-state index in [2.05, 4.69) is 0 Å². The molecule has 1 aromatic heterocycles. The standard InChI is InChI=1S/C26H25F3N4O5/c1-37-23-3-2-16(8-17(23)13-30)14-32-25(35)20-9-24(38-19(11-27)12-28)21(29)10-22(20)33(26(32)36)18-4-6-31(15-34)7-5-18/h2-3,8-10,15,18-19H,4-7,11-12,14H2,1H3. The number of nitriles is 1. The van der Waals surface area contributed by atoms with Gasteiger partial charge in [-0.15, -0.1) is 0 Å². The number of ether oxygens (including phenoxy) is 2. The maximum Gasteiger partial charge on any atom is 0.332 e. The van der Waals surface area contributed by atoms with Crippen LogP contribution in [0.5, 0.6) is 11.5 Å². The summed E-state index contributed by atoms with van der Waals surface area (Å²) in [4.78, 5) is 40.0. The van der Waals surface area contributed by atoms with Crippen molar-refractivity contribution in [2.75, 3.05) is 33.5 Å². The highest BCUT2D eigenvalue weighted by atomic mass is 19.1. The molecule has 1 aliphatic heterocycles. The van der Waals surface area contributed by atoms with E-state index in [0.717, 1.165) is 16.7 Å². The van der Waals surface area contributed by atoms with E-state index in [0.29, 0.717) is 43.7 Å². The van der Waals surface area contributed by atoms with Crippen molar-refractivity contribution in [1.82, 2.24) is 14.0 Å². The van der Waals surface area contributed by atoms with Gasteiger partial charge in [-0.1, -0.05) is 6.07 Å². The highest BCUT2D eigenvalue weighted by molar-refractivity contribution is 5.80. The lowest BCUT2D eigenvalue weighted by Gasteiger charge is -2.31. The first kappa shape index (κ1) is 26.8. The molecule has 1 fully saturated rings. The zero-order valence-electron chi connectivity index (χ0n) is 20.5. The maximum absolute atomic E-state index is 15.0. The number of carbonyl (C=O) groups is 1. The van der Waals surface area contributed by atoms with E-state index in [4.69, 9.17) is 9.47 Å². The molecule has 0 radical (unpaired) electrons. The summed E-state index contributed by atoms with van der Waals surface area (Å²) in [7, 11) is 1.41. The molecule has 38 heavy (non-hydrogen) atoms. The molecule has 1 aliphatic rings. The number of carbonyl (C=O) groups excluding carboxylic acids is 1. The SMILES string of the molecule is COc1ccc(Cn2c(=O)c3cc(OC(CF)CF)c(F)cc3n(C3CCN(C=O)CC3)c2=O)cc1C#N. The Hall–Kier alpha value is -4.27. The van der Waals surface area contributed by atoms with Gasteiger partial charge in [-0.2, -0.15) is 5.26 Å². The molecule has 1 saturated heterocycles. The van der Waals surface area contributed by atoms with Crippen molar-refractivity contribution >= 4 is 17.3 Å². The van der Waals surface area contributed by atoms with Gasteiger partial charge in [-0.05, 0) is 36.6 Å². The van der Waals surface area contributed by atoms with Crippen molar-refractivity contribution in [3.8, 4) is 17.6 Å². The summed E-state index contributed by atoms with van der Waals surface area (Å²) >= 11 is 0. The largest absolute Gasteiger partial charge is 0.495 e. The van der Waals surface area contributed by atoms with Gasteiger partial charge < -0.3 is 14.4 Å². The second-order valence-electron chi connectivity index (χ2n) is 8.91. The third-order valence-electron chi connectivity index (χ3n) is 6.60. The molecule has 0 spiro atoms. The first-order chi connectivity index (χ1) is 18.3. The predicted molar refractivity (Wildman–Crippen MR) is 132 cm³/mol. The van der Waals surface area contributed by atoms with E-state index in [1.54, 1.807) is 17.0 Å². The molecule has 9 nitrogen and oxygen atoms in total. The zero-order valence-corrected chi connectivity index (χ0v) is 20.5.